The van der Waals surface area contributed by atoms with E-state index in [0.717, 1.165) is 11.3 Å². The Morgan fingerprint density at radius 3 is 2.40 bits per heavy atom. The van der Waals surface area contributed by atoms with E-state index >= 15 is 0 Å². The first kappa shape index (κ1) is 9.86. The predicted octanol–water partition coefficient (Wildman–Crippen LogP) is 1.82. The van der Waals surface area contributed by atoms with Crippen molar-refractivity contribution < 1.29 is 0 Å². The number of nitrogens with one attached hydrogen (secondary N) is 1. The Bertz CT molecular complexity index is 461. The van der Waals surface area contributed by atoms with Crippen LogP contribution in [0.4, 0.5) is 11.5 Å². The van der Waals surface area contributed by atoms with Crippen LogP contribution in [0.25, 0.3) is 0 Å². The Morgan fingerprint density at radius 2 is 1.87 bits per heavy atom. The zero-order valence-corrected chi connectivity index (χ0v) is 8.75. The molecule has 0 aliphatic rings. The van der Waals surface area contributed by atoms with Gasteiger partial charge in [-0.15, -0.1) is 0 Å². The second-order valence-corrected chi connectivity index (χ2v) is 3.74. The van der Waals surface area contributed by atoms with Crippen molar-refractivity contribution in [3.63, 3.8) is 0 Å². The third-order valence-electron chi connectivity index (χ3n) is 2.20. The van der Waals surface area contributed by atoms with Crippen molar-refractivity contribution in [2.45, 2.75) is 6.42 Å². The first-order valence-corrected chi connectivity index (χ1v) is 4.87. The Hall–Kier alpha value is -1.68. The zero-order valence-electron chi connectivity index (χ0n) is 8.00. The summed E-state index contributed by atoms with van der Waals surface area (Å²) in [6.07, 6.45) is 0.650. The highest BCUT2D eigenvalue weighted by Gasteiger charge is 2.07. The topological polar surface area (TPSA) is 80.7 Å². The number of hydrogen-bond donors (Lipinski definition) is 3. The van der Waals surface area contributed by atoms with Crippen molar-refractivity contribution >= 4 is 23.1 Å². The number of hydrogen-bond acceptors (Lipinski definition) is 3. The molecule has 0 aliphatic heterocycles. The van der Waals surface area contributed by atoms with Crippen LogP contribution in [0.5, 0.6) is 0 Å². The van der Waals surface area contributed by atoms with Gasteiger partial charge in [-0.1, -0.05) is 23.7 Å². The molecule has 78 valence electrons. The van der Waals surface area contributed by atoms with Gasteiger partial charge in [0.1, 0.15) is 5.82 Å². The molecule has 0 saturated carbocycles. The fourth-order valence-electron chi connectivity index (χ4n) is 1.33. The molecule has 2 aromatic rings. The SMILES string of the molecule is Nc1[nH]nc(Cc2ccc(Cl)cc2)c1N. The standard InChI is InChI=1S/C10H11ClN4/c11-7-3-1-6(2-4-7)5-8-9(12)10(13)15-14-8/h1-4H,5,12H2,(H3,13,14,15). The van der Waals surface area contributed by atoms with E-state index in [0.29, 0.717) is 22.9 Å². The number of halogens is 1. The predicted molar refractivity (Wildman–Crippen MR) is 61.7 cm³/mol. The molecular formula is C10H11ClN4. The van der Waals surface area contributed by atoms with E-state index in [4.69, 9.17) is 23.1 Å². The van der Waals surface area contributed by atoms with E-state index in [2.05, 4.69) is 10.2 Å². The lowest BCUT2D eigenvalue weighted by molar-refractivity contribution is 1.00. The minimum atomic E-state index is 0.416. The van der Waals surface area contributed by atoms with Gasteiger partial charge >= 0.3 is 0 Å². The fraction of sp³-hybridized carbons (Fsp3) is 0.100. The third-order valence-corrected chi connectivity index (χ3v) is 2.45. The lowest BCUT2D eigenvalue weighted by Crippen LogP contribution is -1.96. The van der Waals surface area contributed by atoms with E-state index in [1.54, 1.807) is 0 Å². The Morgan fingerprint density at radius 1 is 1.20 bits per heavy atom. The molecule has 1 aromatic carbocycles. The number of rotatable bonds is 2. The Balaban J connectivity index is 2.22. The minimum Gasteiger partial charge on any atom is -0.394 e. The van der Waals surface area contributed by atoms with Crippen molar-refractivity contribution in [1.29, 1.82) is 0 Å². The Kier molecular flexibility index (Phi) is 2.51. The summed E-state index contributed by atoms with van der Waals surface area (Å²) in [7, 11) is 0. The van der Waals surface area contributed by atoms with E-state index in [-0.39, 0.29) is 0 Å². The average Bonchev–Trinajstić information content (AvgIpc) is 2.53. The van der Waals surface area contributed by atoms with E-state index in [1.807, 2.05) is 24.3 Å². The third kappa shape index (κ3) is 2.05. The Labute approximate surface area is 92.2 Å². The van der Waals surface area contributed by atoms with Crippen LogP contribution in [0, 0.1) is 0 Å². The van der Waals surface area contributed by atoms with Gasteiger partial charge in [0.15, 0.2) is 0 Å². The van der Waals surface area contributed by atoms with Crippen LogP contribution >= 0.6 is 11.6 Å². The number of nitrogens with two attached hydrogens (primary N) is 2. The molecule has 0 radical (unpaired) electrons. The molecule has 5 N–H and O–H groups in total. The molecule has 0 amide bonds. The summed E-state index contributed by atoms with van der Waals surface area (Å²) in [5.74, 6) is 0.416. The van der Waals surface area contributed by atoms with E-state index in [9.17, 15) is 0 Å². The molecule has 0 saturated heterocycles. The number of nitrogens with zero attached hydrogens (tertiary/aromatic N) is 1. The van der Waals surface area contributed by atoms with E-state index in [1.165, 1.54) is 0 Å². The van der Waals surface area contributed by atoms with Gasteiger partial charge in [-0.3, -0.25) is 5.10 Å². The minimum absolute atomic E-state index is 0.416. The fourth-order valence-corrected chi connectivity index (χ4v) is 1.46. The first-order chi connectivity index (χ1) is 7.16. The van der Waals surface area contributed by atoms with Gasteiger partial charge in [-0.25, -0.2) is 0 Å². The van der Waals surface area contributed by atoms with Gasteiger partial charge in [0.25, 0.3) is 0 Å². The van der Waals surface area contributed by atoms with Crippen LogP contribution < -0.4 is 11.5 Å². The summed E-state index contributed by atoms with van der Waals surface area (Å²) in [5, 5.41) is 7.39. The molecule has 15 heavy (non-hydrogen) atoms. The highest BCUT2D eigenvalue weighted by atomic mass is 35.5. The second-order valence-electron chi connectivity index (χ2n) is 3.30. The zero-order chi connectivity index (χ0) is 10.8. The van der Waals surface area contributed by atoms with Crippen molar-refractivity contribution in [2.24, 2.45) is 0 Å². The average molecular weight is 223 g/mol. The van der Waals surface area contributed by atoms with E-state index < -0.39 is 0 Å². The molecule has 2 rings (SSSR count). The summed E-state index contributed by atoms with van der Waals surface area (Å²) in [6.45, 7) is 0. The van der Waals surface area contributed by atoms with Crippen molar-refractivity contribution in [3.05, 3.63) is 40.5 Å². The van der Waals surface area contributed by atoms with Crippen molar-refractivity contribution in [1.82, 2.24) is 10.2 Å². The molecule has 4 nitrogen and oxygen atoms in total. The summed E-state index contributed by atoms with van der Waals surface area (Å²) < 4.78 is 0. The van der Waals surface area contributed by atoms with Crippen LogP contribution in [0.15, 0.2) is 24.3 Å². The van der Waals surface area contributed by atoms with Crippen LogP contribution in [-0.2, 0) is 6.42 Å². The summed E-state index contributed by atoms with van der Waals surface area (Å²) >= 11 is 5.78. The number of benzene rings is 1. The number of aromatic nitrogens is 2. The van der Waals surface area contributed by atoms with Crippen molar-refractivity contribution in [3.8, 4) is 0 Å². The number of aromatic amines is 1. The van der Waals surface area contributed by atoms with Crippen LogP contribution in [0.2, 0.25) is 5.02 Å². The van der Waals surface area contributed by atoms with Gasteiger partial charge < -0.3 is 11.5 Å². The lowest BCUT2D eigenvalue weighted by Gasteiger charge is -1.99. The summed E-state index contributed by atoms with van der Waals surface area (Å²) in [5.41, 5.74) is 13.7. The first-order valence-electron chi connectivity index (χ1n) is 4.49. The van der Waals surface area contributed by atoms with Crippen LogP contribution in [0.1, 0.15) is 11.3 Å². The van der Waals surface area contributed by atoms with Gasteiger partial charge in [-0.05, 0) is 17.7 Å². The molecule has 1 heterocycles. The van der Waals surface area contributed by atoms with Gasteiger partial charge in [-0.2, -0.15) is 5.10 Å². The smallest absolute Gasteiger partial charge is 0.142 e. The van der Waals surface area contributed by atoms with Crippen LogP contribution in [-0.4, -0.2) is 10.2 Å². The monoisotopic (exact) mass is 222 g/mol. The molecule has 0 spiro atoms. The van der Waals surface area contributed by atoms with Gasteiger partial charge in [0.05, 0.1) is 11.4 Å². The maximum absolute atomic E-state index is 5.78. The molecule has 0 fully saturated rings. The molecule has 1 aromatic heterocycles. The lowest BCUT2D eigenvalue weighted by atomic mass is 10.1. The largest absolute Gasteiger partial charge is 0.394 e. The normalized spacial score (nSPS) is 10.5. The maximum atomic E-state index is 5.78. The number of anilines is 2. The number of H-pyrrole nitrogens is 1. The highest BCUT2D eigenvalue weighted by Crippen LogP contribution is 2.19. The van der Waals surface area contributed by atoms with Gasteiger partial charge in [0.2, 0.25) is 0 Å². The number of nitrogen functional groups attached to an aromatic ring is 2. The molecule has 0 unspecified atom stereocenters. The molecule has 0 atom stereocenters. The second kappa shape index (κ2) is 3.82. The molecule has 0 aliphatic carbocycles. The highest BCUT2D eigenvalue weighted by molar-refractivity contribution is 6.30. The van der Waals surface area contributed by atoms with Crippen LogP contribution in [0.3, 0.4) is 0 Å². The summed E-state index contributed by atoms with van der Waals surface area (Å²) in [6, 6.07) is 7.55. The maximum Gasteiger partial charge on any atom is 0.142 e. The van der Waals surface area contributed by atoms with Gasteiger partial charge in [0, 0.05) is 11.4 Å². The molecule has 5 heteroatoms. The van der Waals surface area contributed by atoms with Crippen molar-refractivity contribution in [2.75, 3.05) is 11.5 Å². The molecular weight excluding hydrogens is 212 g/mol. The quantitative estimate of drug-likeness (QED) is 0.725. The molecule has 0 bridgehead atoms. The summed E-state index contributed by atoms with van der Waals surface area (Å²) in [4.78, 5) is 0.